The molecule has 172 valence electrons. The Bertz CT molecular complexity index is 1150. The van der Waals surface area contributed by atoms with Crippen LogP contribution in [-0.4, -0.2) is 62.3 Å². The number of morpholine rings is 1. The molecule has 0 radical (unpaired) electrons. The Balaban J connectivity index is 1.74. The first kappa shape index (κ1) is 22.3. The predicted octanol–water partition coefficient (Wildman–Crippen LogP) is 2.22. The lowest BCUT2D eigenvalue weighted by molar-refractivity contribution is -0.241. The van der Waals surface area contributed by atoms with E-state index in [0.29, 0.717) is 49.1 Å². The maximum Gasteiger partial charge on any atom is 0.500 e. The highest BCUT2D eigenvalue weighted by Crippen LogP contribution is 2.31. The molecule has 1 N–H and O–H groups in total. The molecule has 4 rings (SSSR count). The second kappa shape index (κ2) is 8.22. The van der Waals surface area contributed by atoms with Crippen molar-refractivity contribution in [3.63, 3.8) is 0 Å². The fourth-order valence-corrected chi connectivity index (χ4v) is 3.83. The van der Waals surface area contributed by atoms with Gasteiger partial charge in [-0.1, -0.05) is 6.07 Å². The molecule has 1 fully saturated rings. The van der Waals surface area contributed by atoms with E-state index in [-0.39, 0.29) is 10.2 Å². The van der Waals surface area contributed by atoms with E-state index >= 15 is 0 Å². The van der Waals surface area contributed by atoms with Crippen molar-refractivity contribution < 1.29 is 26.3 Å². The zero-order valence-electron chi connectivity index (χ0n) is 17.3. The zero-order chi connectivity index (χ0) is 23.1. The van der Waals surface area contributed by atoms with Crippen LogP contribution in [-0.2, 0) is 14.6 Å². The summed E-state index contributed by atoms with van der Waals surface area (Å²) in [5.41, 5.74) is 4.35. The molecule has 0 bridgehead atoms. The number of aromatic nitrogens is 2. The second-order valence-corrected chi connectivity index (χ2v) is 9.28. The van der Waals surface area contributed by atoms with Gasteiger partial charge in [-0.05, 0) is 24.6 Å². The van der Waals surface area contributed by atoms with Crippen LogP contribution in [0.4, 0.5) is 24.7 Å². The molecule has 1 aromatic carbocycles. The molecule has 13 heteroatoms. The Morgan fingerprint density at radius 2 is 1.81 bits per heavy atom. The van der Waals surface area contributed by atoms with Gasteiger partial charge in [-0.25, -0.2) is 23.4 Å². The fraction of sp³-hybridized carbons (Fsp3) is 0.368. The largest absolute Gasteiger partial charge is 0.500 e. The van der Waals surface area contributed by atoms with Crippen molar-refractivity contribution in [1.82, 2.24) is 20.5 Å². The molecule has 2 aromatic rings. The Kier molecular flexibility index (Phi) is 5.73. The first-order valence-corrected chi connectivity index (χ1v) is 11.5. The molecule has 0 aliphatic carbocycles. The minimum absolute atomic E-state index is 0.0233. The van der Waals surface area contributed by atoms with Gasteiger partial charge in [0.25, 0.3) is 0 Å². The van der Waals surface area contributed by atoms with Crippen molar-refractivity contribution in [3.05, 3.63) is 42.2 Å². The number of hydrogen-bond donors (Lipinski definition) is 1. The molecule has 1 aromatic heterocycles. The predicted molar refractivity (Wildman–Crippen MR) is 111 cm³/mol. The quantitative estimate of drug-likeness (QED) is 0.534. The molecule has 0 spiro atoms. The first-order chi connectivity index (χ1) is 15.0. The summed E-state index contributed by atoms with van der Waals surface area (Å²) in [6, 6.07) is 6.70. The molecule has 9 nitrogen and oxygen atoms in total. The summed E-state index contributed by atoms with van der Waals surface area (Å²) in [6.45, 7) is 3.89. The van der Waals surface area contributed by atoms with E-state index in [4.69, 9.17) is 4.74 Å². The van der Waals surface area contributed by atoms with Crippen LogP contribution in [0.2, 0.25) is 0 Å². The van der Waals surface area contributed by atoms with Crippen molar-refractivity contribution >= 4 is 21.3 Å². The maximum absolute atomic E-state index is 12.9. The average molecular weight is 470 g/mol. The molecule has 2 aliphatic heterocycles. The summed E-state index contributed by atoms with van der Waals surface area (Å²) in [6.07, 6.45) is -1.45. The minimum atomic E-state index is -4.58. The number of rotatable bonds is 4. The van der Waals surface area contributed by atoms with Crippen molar-refractivity contribution in [3.8, 4) is 11.3 Å². The summed E-state index contributed by atoms with van der Waals surface area (Å²) < 4.78 is 68.6. The molecule has 2 aliphatic rings. The third kappa shape index (κ3) is 4.64. The number of hydrazine groups is 2. The van der Waals surface area contributed by atoms with Crippen LogP contribution in [0.5, 0.6) is 0 Å². The number of alkyl halides is 3. The van der Waals surface area contributed by atoms with E-state index in [0.717, 1.165) is 18.0 Å². The number of nitrogens with one attached hydrogen (secondary N) is 1. The molecule has 3 heterocycles. The lowest BCUT2D eigenvalue weighted by Crippen LogP contribution is -2.46. The van der Waals surface area contributed by atoms with Crippen LogP contribution >= 0.6 is 0 Å². The molecule has 0 unspecified atom stereocenters. The van der Waals surface area contributed by atoms with Gasteiger partial charge >= 0.3 is 6.30 Å². The Labute approximate surface area is 183 Å². The standard InChI is InChI=1S/C19H21F3N6O3S/c1-13-3-4-14(27-5-6-28(25-27)19(20,21)22)11-15(13)16-12-17(26-7-9-31-10-8-26)24-18(23-16)32(2,29)30/h3-6,11-12,25H,7-10H2,1-2H3. The van der Waals surface area contributed by atoms with Gasteiger partial charge in [0, 0.05) is 43.4 Å². The second-order valence-electron chi connectivity index (χ2n) is 7.37. The van der Waals surface area contributed by atoms with Crippen LogP contribution in [0.15, 0.2) is 41.8 Å². The van der Waals surface area contributed by atoms with Crippen LogP contribution in [0.3, 0.4) is 0 Å². The lowest BCUT2D eigenvalue weighted by atomic mass is 10.0. The molecule has 0 atom stereocenters. The van der Waals surface area contributed by atoms with Gasteiger partial charge in [-0.3, -0.25) is 5.01 Å². The fourth-order valence-electron chi connectivity index (χ4n) is 3.31. The molecule has 0 saturated carbocycles. The van der Waals surface area contributed by atoms with Gasteiger partial charge in [0.1, 0.15) is 5.82 Å². The van der Waals surface area contributed by atoms with Crippen molar-refractivity contribution in [2.75, 3.05) is 42.5 Å². The SMILES string of the molecule is Cc1ccc(N2C=CN(C(F)(F)F)N2)cc1-c1cc(N2CCOCC2)nc(S(C)(=O)=O)n1. The van der Waals surface area contributed by atoms with E-state index in [1.165, 1.54) is 11.2 Å². The number of aryl methyl sites for hydroxylation is 1. The Hall–Kier alpha value is -2.90. The number of hydrogen-bond acceptors (Lipinski definition) is 9. The lowest BCUT2D eigenvalue weighted by Gasteiger charge is -2.28. The van der Waals surface area contributed by atoms with Gasteiger partial charge in [0.15, 0.2) is 0 Å². The van der Waals surface area contributed by atoms with Crippen molar-refractivity contribution in [2.24, 2.45) is 0 Å². The van der Waals surface area contributed by atoms with Crippen molar-refractivity contribution in [2.45, 2.75) is 18.4 Å². The van der Waals surface area contributed by atoms with Gasteiger partial charge in [-0.2, -0.15) is 0 Å². The Morgan fingerprint density at radius 3 is 2.44 bits per heavy atom. The number of anilines is 2. The van der Waals surface area contributed by atoms with Crippen LogP contribution < -0.4 is 15.4 Å². The van der Waals surface area contributed by atoms with E-state index in [1.54, 1.807) is 24.3 Å². The number of sulfone groups is 1. The highest BCUT2D eigenvalue weighted by Gasteiger charge is 2.38. The molecular weight excluding hydrogens is 449 g/mol. The highest BCUT2D eigenvalue weighted by atomic mass is 32.2. The van der Waals surface area contributed by atoms with Crippen LogP contribution in [0.25, 0.3) is 11.3 Å². The number of nitrogens with zero attached hydrogens (tertiary/aromatic N) is 5. The van der Waals surface area contributed by atoms with Gasteiger partial charge in [-0.15, -0.1) is 18.7 Å². The summed E-state index contributed by atoms with van der Waals surface area (Å²) in [4.78, 5) is 10.4. The molecular formula is C19H21F3N6O3S. The van der Waals surface area contributed by atoms with E-state index in [2.05, 4.69) is 15.5 Å². The topological polar surface area (TPSA) is 90.9 Å². The van der Waals surface area contributed by atoms with Gasteiger partial charge in [0.05, 0.1) is 24.6 Å². The molecule has 32 heavy (non-hydrogen) atoms. The monoisotopic (exact) mass is 470 g/mol. The number of ether oxygens (including phenoxy) is 1. The van der Waals surface area contributed by atoms with Gasteiger partial charge in [0.2, 0.25) is 15.0 Å². The molecule has 1 saturated heterocycles. The van der Waals surface area contributed by atoms with E-state index in [1.807, 2.05) is 11.8 Å². The third-order valence-corrected chi connectivity index (χ3v) is 5.83. The van der Waals surface area contributed by atoms with Gasteiger partial charge < -0.3 is 9.64 Å². The summed E-state index contributed by atoms with van der Waals surface area (Å²) in [7, 11) is -3.70. The Morgan fingerprint density at radius 1 is 1.09 bits per heavy atom. The van der Waals surface area contributed by atoms with Crippen LogP contribution in [0, 0.1) is 6.92 Å². The summed E-state index contributed by atoms with van der Waals surface area (Å²) in [5.74, 6) is 0.450. The third-order valence-electron chi connectivity index (χ3n) is 4.99. The summed E-state index contributed by atoms with van der Waals surface area (Å²) in [5, 5.41) is 0.914. The molecule has 0 amide bonds. The minimum Gasteiger partial charge on any atom is -0.378 e. The zero-order valence-corrected chi connectivity index (χ0v) is 18.1. The van der Waals surface area contributed by atoms with Crippen molar-refractivity contribution in [1.29, 1.82) is 0 Å². The first-order valence-electron chi connectivity index (χ1n) is 9.65. The van der Waals surface area contributed by atoms with Crippen LogP contribution in [0.1, 0.15) is 5.56 Å². The van der Waals surface area contributed by atoms with E-state index < -0.39 is 16.1 Å². The smallest absolute Gasteiger partial charge is 0.378 e. The highest BCUT2D eigenvalue weighted by molar-refractivity contribution is 7.90. The number of halogens is 3. The van der Waals surface area contributed by atoms with E-state index in [9.17, 15) is 21.6 Å². The maximum atomic E-state index is 12.9. The normalized spacial score (nSPS) is 17.3. The summed E-state index contributed by atoms with van der Waals surface area (Å²) >= 11 is 0. The average Bonchev–Trinajstić information content (AvgIpc) is 3.25. The number of benzene rings is 1.